The quantitative estimate of drug-likeness (QED) is 0.553. The minimum Gasteiger partial charge on any atom is -0.497 e. The Hall–Kier alpha value is -2.38. The zero-order chi connectivity index (χ0) is 22.0. The number of piperidine rings is 1. The number of ether oxygens (including phenoxy) is 1. The highest BCUT2D eigenvalue weighted by molar-refractivity contribution is 7.20. The number of methoxy groups -OCH3 is 1. The van der Waals surface area contributed by atoms with E-state index in [0.29, 0.717) is 6.54 Å². The number of thiophene rings is 1. The molecular weight excluding hydrogens is 408 g/mol. The third-order valence-electron chi connectivity index (χ3n) is 5.96. The molecule has 0 aliphatic carbocycles. The molecule has 3 aromatic rings. The number of aromatic nitrogens is 2. The van der Waals surface area contributed by atoms with E-state index < -0.39 is 0 Å². The molecule has 4 rings (SSSR count). The van der Waals surface area contributed by atoms with Crippen molar-refractivity contribution in [3.63, 3.8) is 0 Å². The summed E-state index contributed by atoms with van der Waals surface area (Å²) in [6.45, 7) is 8.77. The van der Waals surface area contributed by atoms with E-state index >= 15 is 0 Å². The molecule has 1 N–H and O–H groups in total. The summed E-state index contributed by atoms with van der Waals surface area (Å²) in [7, 11) is 3.58. The van der Waals surface area contributed by atoms with Gasteiger partial charge in [-0.05, 0) is 49.4 Å². The molecule has 6 nitrogen and oxygen atoms in total. The van der Waals surface area contributed by atoms with Crippen molar-refractivity contribution >= 4 is 27.5 Å². The lowest BCUT2D eigenvalue weighted by atomic mass is 9.92. The lowest BCUT2D eigenvalue weighted by molar-refractivity contribution is 0.0951. The van der Waals surface area contributed by atoms with Crippen molar-refractivity contribution in [2.45, 2.75) is 26.7 Å². The predicted octanol–water partition coefficient (Wildman–Crippen LogP) is 4.41. The number of fused-ring (bicyclic) bond motifs is 1. The summed E-state index contributed by atoms with van der Waals surface area (Å²) in [4.78, 5) is 17.0. The second-order valence-electron chi connectivity index (χ2n) is 8.85. The van der Waals surface area contributed by atoms with Crippen molar-refractivity contribution in [2.75, 3.05) is 33.3 Å². The molecule has 0 bridgehead atoms. The zero-order valence-corrected chi connectivity index (χ0v) is 19.7. The number of rotatable bonds is 7. The standard InChI is InChI=1S/C24H32N4O2S/c1-16-11-17(2)15-28(14-16)10-6-9-25-23(29)21-13-20-22(26-27(3)24(20)31-21)18-7-5-8-19(12-18)30-4/h5,7-8,12-13,16-17H,6,9-11,14-15H2,1-4H3,(H,25,29)/t16-,17-/m1/s1. The Bertz CT molecular complexity index is 1050. The van der Waals surface area contributed by atoms with Gasteiger partial charge in [-0.2, -0.15) is 5.10 Å². The van der Waals surface area contributed by atoms with Crippen LogP contribution in [0.4, 0.5) is 0 Å². The highest BCUT2D eigenvalue weighted by atomic mass is 32.1. The van der Waals surface area contributed by atoms with Gasteiger partial charge in [0.2, 0.25) is 0 Å². The number of hydrogen-bond donors (Lipinski definition) is 1. The van der Waals surface area contributed by atoms with Crippen LogP contribution in [-0.4, -0.2) is 53.9 Å². The summed E-state index contributed by atoms with van der Waals surface area (Å²) >= 11 is 1.49. The van der Waals surface area contributed by atoms with Crippen molar-refractivity contribution in [1.82, 2.24) is 20.0 Å². The lowest BCUT2D eigenvalue weighted by Gasteiger charge is -2.34. The van der Waals surface area contributed by atoms with Gasteiger partial charge < -0.3 is 15.0 Å². The molecule has 31 heavy (non-hydrogen) atoms. The maximum Gasteiger partial charge on any atom is 0.261 e. The van der Waals surface area contributed by atoms with E-state index in [4.69, 9.17) is 4.74 Å². The van der Waals surface area contributed by atoms with E-state index in [0.717, 1.165) is 56.9 Å². The van der Waals surface area contributed by atoms with Gasteiger partial charge in [-0.15, -0.1) is 11.3 Å². The van der Waals surface area contributed by atoms with Crippen LogP contribution in [0.25, 0.3) is 21.5 Å². The molecule has 1 fully saturated rings. The largest absolute Gasteiger partial charge is 0.497 e. The smallest absolute Gasteiger partial charge is 0.261 e. The van der Waals surface area contributed by atoms with Gasteiger partial charge in [0.05, 0.1) is 12.0 Å². The fraction of sp³-hybridized carbons (Fsp3) is 0.500. The molecule has 1 aliphatic rings. The molecule has 166 valence electrons. The summed E-state index contributed by atoms with van der Waals surface area (Å²) < 4.78 is 7.20. The Kier molecular flexibility index (Phi) is 6.62. The summed E-state index contributed by atoms with van der Waals surface area (Å²) in [5.41, 5.74) is 1.86. The van der Waals surface area contributed by atoms with Gasteiger partial charge in [0.1, 0.15) is 16.3 Å². The fourth-order valence-electron chi connectivity index (χ4n) is 4.70. The van der Waals surface area contributed by atoms with Crippen molar-refractivity contribution in [1.29, 1.82) is 0 Å². The molecule has 0 spiro atoms. The first-order valence-electron chi connectivity index (χ1n) is 11.1. The summed E-state index contributed by atoms with van der Waals surface area (Å²) in [5.74, 6) is 2.33. The Labute approximate surface area is 188 Å². The summed E-state index contributed by atoms with van der Waals surface area (Å²) in [5, 5.41) is 8.78. The van der Waals surface area contributed by atoms with Crippen molar-refractivity contribution in [3.05, 3.63) is 35.2 Å². The van der Waals surface area contributed by atoms with Crippen LogP contribution in [-0.2, 0) is 7.05 Å². The summed E-state index contributed by atoms with van der Waals surface area (Å²) in [6.07, 6.45) is 2.30. The van der Waals surface area contributed by atoms with Gasteiger partial charge in [-0.25, -0.2) is 0 Å². The molecule has 2 atom stereocenters. The van der Waals surface area contributed by atoms with E-state index in [2.05, 4.69) is 29.2 Å². The van der Waals surface area contributed by atoms with Crippen LogP contribution < -0.4 is 10.1 Å². The zero-order valence-electron chi connectivity index (χ0n) is 18.9. The number of nitrogens with one attached hydrogen (secondary N) is 1. The third kappa shape index (κ3) is 4.93. The highest BCUT2D eigenvalue weighted by Gasteiger charge is 2.21. The Balaban J connectivity index is 1.40. The highest BCUT2D eigenvalue weighted by Crippen LogP contribution is 2.34. The van der Waals surface area contributed by atoms with Gasteiger partial charge in [-0.3, -0.25) is 9.48 Å². The van der Waals surface area contributed by atoms with Gasteiger partial charge >= 0.3 is 0 Å². The first-order chi connectivity index (χ1) is 14.9. The van der Waals surface area contributed by atoms with Crippen LogP contribution in [0, 0.1) is 11.8 Å². The number of aryl methyl sites for hydroxylation is 1. The molecule has 1 aliphatic heterocycles. The Morgan fingerprint density at radius 2 is 2.03 bits per heavy atom. The van der Waals surface area contributed by atoms with Gasteiger partial charge in [0, 0.05) is 37.6 Å². The number of carbonyl (C=O) groups excluding carboxylic acids is 1. The van der Waals surface area contributed by atoms with Crippen molar-refractivity contribution in [3.8, 4) is 17.0 Å². The van der Waals surface area contributed by atoms with Gasteiger partial charge in [0.25, 0.3) is 5.91 Å². The van der Waals surface area contributed by atoms with Crippen LogP contribution in [0.3, 0.4) is 0 Å². The van der Waals surface area contributed by atoms with Crippen LogP contribution in [0.5, 0.6) is 5.75 Å². The maximum atomic E-state index is 12.8. The van der Waals surface area contributed by atoms with E-state index in [1.165, 1.54) is 30.8 Å². The minimum absolute atomic E-state index is 0.00169. The van der Waals surface area contributed by atoms with Crippen LogP contribution in [0.2, 0.25) is 0 Å². The molecule has 1 amide bonds. The topological polar surface area (TPSA) is 59.4 Å². The third-order valence-corrected chi connectivity index (χ3v) is 7.16. The molecule has 2 aromatic heterocycles. The average Bonchev–Trinajstić information content (AvgIpc) is 3.31. The van der Waals surface area contributed by atoms with Gasteiger partial charge in [-0.1, -0.05) is 26.0 Å². The van der Waals surface area contributed by atoms with E-state index in [-0.39, 0.29) is 5.91 Å². The fourth-order valence-corrected chi connectivity index (χ4v) is 5.69. The maximum absolute atomic E-state index is 12.8. The van der Waals surface area contributed by atoms with Gasteiger partial charge in [0.15, 0.2) is 0 Å². The summed E-state index contributed by atoms with van der Waals surface area (Å²) in [6, 6.07) is 9.83. The number of hydrogen-bond acceptors (Lipinski definition) is 5. The van der Waals surface area contributed by atoms with Crippen LogP contribution >= 0.6 is 11.3 Å². The van der Waals surface area contributed by atoms with Crippen molar-refractivity contribution in [2.24, 2.45) is 18.9 Å². The second kappa shape index (κ2) is 9.40. The Morgan fingerprint density at radius 3 is 2.77 bits per heavy atom. The normalized spacial score (nSPS) is 19.6. The predicted molar refractivity (Wildman–Crippen MR) is 127 cm³/mol. The molecule has 0 radical (unpaired) electrons. The average molecular weight is 441 g/mol. The first-order valence-corrected chi connectivity index (χ1v) is 11.9. The number of carbonyl (C=O) groups is 1. The number of nitrogens with zero attached hydrogens (tertiary/aromatic N) is 3. The molecule has 1 saturated heterocycles. The number of amides is 1. The Morgan fingerprint density at radius 1 is 1.26 bits per heavy atom. The monoisotopic (exact) mass is 440 g/mol. The lowest BCUT2D eigenvalue weighted by Crippen LogP contribution is -2.40. The van der Waals surface area contributed by atoms with E-state index in [1.54, 1.807) is 7.11 Å². The molecule has 7 heteroatoms. The second-order valence-corrected chi connectivity index (χ2v) is 9.88. The van der Waals surface area contributed by atoms with Crippen LogP contribution in [0.1, 0.15) is 36.4 Å². The molecule has 0 saturated carbocycles. The first kappa shape index (κ1) is 21.8. The molecular formula is C24H32N4O2S. The minimum atomic E-state index is -0.00169. The van der Waals surface area contributed by atoms with E-state index in [9.17, 15) is 4.79 Å². The van der Waals surface area contributed by atoms with E-state index in [1.807, 2.05) is 42.1 Å². The SMILES string of the molecule is COc1cccc(-c2nn(C)c3sc(C(=O)NCCCN4C[C@H](C)C[C@@H](C)C4)cc23)c1. The van der Waals surface area contributed by atoms with Crippen molar-refractivity contribution < 1.29 is 9.53 Å². The number of benzene rings is 1. The molecule has 1 aromatic carbocycles. The van der Waals surface area contributed by atoms with Crippen LogP contribution in [0.15, 0.2) is 30.3 Å². The number of likely N-dealkylation sites (tertiary alicyclic amines) is 1. The molecule has 3 heterocycles. The molecule has 0 unspecified atom stereocenters.